The molecule has 4 rings (SSSR count). The van der Waals surface area contributed by atoms with Crippen molar-refractivity contribution in [2.75, 3.05) is 13.1 Å². The van der Waals surface area contributed by atoms with Crippen LogP contribution in [0.1, 0.15) is 23.0 Å². The van der Waals surface area contributed by atoms with Gasteiger partial charge in [-0.15, -0.1) is 5.10 Å². The molecular weight excluding hydrogens is 292 g/mol. The molecule has 3 heterocycles. The molecule has 1 atom stereocenters. The molecule has 7 nitrogen and oxygen atoms in total. The van der Waals surface area contributed by atoms with Crippen LogP contribution in [0.25, 0.3) is 5.69 Å². The number of carbonyl (C=O) groups excluding carboxylic acids is 1. The number of amides is 1. The SMILES string of the molecule is O=C(c1cnn(-c2ccccc2)n1)N1CCC(n2cccn2)C1. The number of hydrogen-bond acceptors (Lipinski definition) is 4. The predicted molar refractivity (Wildman–Crippen MR) is 83.1 cm³/mol. The van der Waals surface area contributed by atoms with Crippen LogP contribution in [-0.2, 0) is 0 Å². The molecule has 1 unspecified atom stereocenters. The van der Waals surface area contributed by atoms with Gasteiger partial charge in [0.2, 0.25) is 0 Å². The highest BCUT2D eigenvalue weighted by Gasteiger charge is 2.29. The van der Waals surface area contributed by atoms with E-state index in [1.807, 2.05) is 52.2 Å². The third kappa shape index (κ3) is 2.61. The molecule has 0 radical (unpaired) electrons. The van der Waals surface area contributed by atoms with E-state index in [0.29, 0.717) is 18.8 Å². The van der Waals surface area contributed by atoms with Gasteiger partial charge in [-0.2, -0.15) is 15.0 Å². The summed E-state index contributed by atoms with van der Waals surface area (Å²) >= 11 is 0. The van der Waals surface area contributed by atoms with Crippen LogP contribution in [0.15, 0.2) is 55.0 Å². The number of carbonyl (C=O) groups is 1. The summed E-state index contributed by atoms with van der Waals surface area (Å²) in [5, 5.41) is 12.7. The Balaban J connectivity index is 1.49. The van der Waals surface area contributed by atoms with E-state index >= 15 is 0 Å². The van der Waals surface area contributed by atoms with Gasteiger partial charge in [-0.3, -0.25) is 9.48 Å². The highest BCUT2D eigenvalue weighted by molar-refractivity contribution is 5.92. The number of aromatic nitrogens is 5. The molecule has 116 valence electrons. The summed E-state index contributed by atoms with van der Waals surface area (Å²) in [5.41, 5.74) is 1.21. The lowest BCUT2D eigenvalue weighted by molar-refractivity contribution is 0.0781. The van der Waals surface area contributed by atoms with Crippen LogP contribution in [0.2, 0.25) is 0 Å². The molecule has 1 fully saturated rings. The van der Waals surface area contributed by atoms with Crippen molar-refractivity contribution in [1.29, 1.82) is 0 Å². The number of likely N-dealkylation sites (tertiary alicyclic amines) is 1. The van der Waals surface area contributed by atoms with E-state index in [4.69, 9.17) is 0 Å². The van der Waals surface area contributed by atoms with Crippen LogP contribution in [0.4, 0.5) is 0 Å². The van der Waals surface area contributed by atoms with E-state index in [-0.39, 0.29) is 11.9 Å². The molecule has 23 heavy (non-hydrogen) atoms. The van der Waals surface area contributed by atoms with Crippen molar-refractivity contribution in [3.05, 3.63) is 60.7 Å². The number of hydrogen-bond donors (Lipinski definition) is 0. The number of nitrogens with zero attached hydrogens (tertiary/aromatic N) is 6. The zero-order valence-corrected chi connectivity index (χ0v) is 12.5. The molecule has 0 saturated carbocycles. The van der Waals surface area contributed by atoms with Crippen LogP contribution in [0.5, 0.6) is 0 Å². The lowest BCUT2D eigenvalue weighted by Crippen LogP contribution is -2.29. The smallest absolute Gasteiger partial charge is 0.276 e. The Morgan fingerprint density at radius 3 is 2.78 bits per heavy atom. The maximum atomic E-state index is 12.6. The second-order valence-corrected chi connectivity index (χ2v) is 5.53. The Bertz CT molecular complexity index is 795. The molecule has 1 aliphatic heterocycles. The molecule has 0 aliphatic carbocycles. The molecule has 2 aromatic heterocycles. The minimum Gasteiger partial charge on any atom is -0.335 e. The Morgan fingerprint density at radius 2 is 2.00 bits per heavy atom. The van der Waals surface area contributed by atoms with Gasteiger partial charge < -0.3 is 4.90 Å². The molecule has 1 saturated heterocycles. The van der Waals surface area contributed by atoms with Crippen molar-refractivity contribution in [1.82, 2.24) is 29.7 Å². The van der Waals surface area contributed by atoms with Crippen LogP contribution in [0.3, 0.4) is 0 Å². The van der Waals surface area contributed by atoms with Gasteiger partial charge >= 0.3 is 0 Å². The maximum Gasteiger partial charge on any atom is 0.276 e. The monoisotopic (exact) mass is 308 g/mol. The van der Waals surface area contributed by atoms with Gasteiger partial charge in [-0.05, 0) is 24.6 Å². The quantitative estimate of drug-likeness (QED) is 0.736. The first-order valence-corrected chi connectivity index (χ1v) is 7.57. The Hall–Kier alpha value is -2.96. The first-order chi connectivity index (χ1) is 11.3. The lowest BCUT2D eigenvalue weighted by Gasteiger charge is -2.15. The third-order valence-electron chi connectivity index (χ3n) is 4.05. The van der Waals surface area contributed by atoms with E-state index in [2.05, 4.69) is 15.3 Å². The van der Waals surface area contributed by atoms with E-state index < -0.39 is 0 Å². The van der Waals surface area contributed by atoms with Gasteiger partial charge in [-0.1, -0.05) is 18.2 Å². The zero-order valence-electron chi connectivity index (χ0n) is 12.5. The average Bonchev–Trinajstić information content (AvgIpc) is 3.35. The Kier molecular flexibility index (Phi) is 3.38. The fourth-order valence-corrected chi connectivity index (χ4v) is 2.85. The van der Waals surface area contributed by atoms with Crippen molar-refractivity contribution in [2.24, 2.45) is 0 Å². The fraction of sp³-hybridized carbons (Fsp3) is 0.250. The summed E-state index contributed by atoms with van der Waals surface area (Å²) in [6.07, 6.45) is 6.12. The first kappa shape index (κ1) is 13.7. The summed E-state index contributed by atoms with van der Waals surface area (Å²) in [6.45, 7) is 1.36. The third-order valence-corrected chi connectivity index (χ3v) is 4.05. The van der Waals surface area contributed by atoms with E-state index in [9.17, 15) is 4.79 Å². The van der Waals surface area contributed by atoms with Crippen LogP contribution >= 0.6 is 0 Å². The molecule has 7 heteroatoms. The zero-order chi connectivity index (χ0) is 15.6. The molecular formula is C16H16N6O. The summed E-state index contributed by atoms with van der Waals surface area (Å²) in [7, 11) is 0. The summed E-state index contributed by atoms with van der Waals surface area (Å²) < 4.78 is 1.91. The average molecular weight is 308 g/mol. The van der Waals surface area contributed by atoms with Crippen molar-refractivity contribution in [2.45, 2.75) is 12.5 Å². The van der Waals surface area contributed by atoms with Gasteiger partial charge in [0.1, 0.15) is 0 Å². The fourth-order valence-electron chi connectivity index (χ4n) is 2.85. The highest BCUT2D eigenvalue weighted by atomic mass is 16.2. The summed E-state index contributed by atoms with van der Waals surface area (Å²) in [4.78, 5) is 15.9. The van der Waals surface area contributed by atoms with Crippen LogP contribution in [-0.4, -0.2) is 48.7 Å². The van der Waals surface area contributed by atoms with Gasteiger partial charge in [0.25, 0.3) is 5.91 Å². The van der Waals surface area contributed by atoms with Crippen LogP contribution in [0, 0.1) is 0 Å². The maximum absolute atomic E-state index is 12.6. The first-order valence-electron chi connectivity index (χ1n) is 7.57. The highest BCUT2D eigenvalue weighted by Crippen LogP contribution is 2.21. The van der Waals surface area contributed by atoms with E-state index in [1.54, 1.807) is 6.20 Å². The Morgan fingerprint density at radius 1 is 1.13 bits per heavy atom. The van der Waals surface area contributed by atoms with Crippen molar-refractivity contribution < 1.29 is 4.79 Å². The number of benzene rings is 1. The largest absolute Gasteiger partial charge is 0.335 e. The van der Waals surface area contributed by atoms with Gasteiger partial charge in [0, 0.05) is 25.5 Å². The predicted octanol–water partition coefficient (Wildman–Crippen LogP) is 1.55. The van der Waals surface area contributed by atoms with Gasteiger partial charge in [0.05, 0.1) is 17.9 Å². The van der Waals surface area contributed by atoms with Crippen molar-refractivity contribution in [3.63, 3.8) is 0 Å². The topological polar surface area (TPSA) is 68.8 Å². The van der Waals surface area contributed by atoms with E-state index in [0.717, 1.165) is 12.1 Å². The number of rotatable bonds is 3. The van der Waals surface area contributed by atoms with Gasteiger partial charge in [0.15, 0.2) is 5.69 Å². The van der Waals surface area contributed by atoms with Crippen molar-refractivity contribution >= 4 is 5.91 Å². The number of para-hydroxylation sites is 1. The van der Waals surface area contributed by atoms with E-state index in [1.165, 1.54) is 11.0 Å². The molecule has 1 amide bonds. The molecule has 0 bridgehead atoms. The minimum atomic E-state index is -0.0816. The standard InChI is InChI=1S/C16H16N6O/c23-16(20-10-7-14(12-20)21-9-4-8-17-21)15-11-18-22(19-15)13-5-2-1-3-6-13/h1-6,8-9,11,14H,7,10,12H2. The molecule has 1 aromatic carbocycles. The van der Waals surface area contributed by atoms with Crippen LogP contribution < -0.4 is 0 Å². The second-order valence-electron chi connectivity index (χ2n) is 5.53. The summed E-state index contributed by atoms with van der Waals surface area (Å²) in [6, 6.07) is 11.7. The summed E-state index contributed by atoms with van der Waals surface area (Å²) in [5.74, 6) is -0.0816. The minimum absolute atomic E-state index is 0.0816. The normalized spacial score (nSPS) is 17.6. The molecule has 3 aromatic rings. The Labute approximate surface area is 133 Å². The lowest BCUT2D eigenvalue weighted by atomic mass is 10.3. The molecule has 1 aliphatic rings. The van der Waals surface area contributed by atoms with Gasteiger partial charge in [-0.25, -0.2) is 0 Å². The second kappa shape index (κ2) is 5.68. The molecule has 0 spiro atoms. The molecule has 0 N–H and O–H groups in total. The van der Waals surface area contributed by atoms with Crippen molar-refractivity contribution in [3.8, 4) is 5.69 Å².